The fourth-order valence-corrected chi connectivity index (χ4v) is 1.39. The van der Waals surface area contributed by atoms with Crippen LogP contribution in [0.25, 0.3) is 0 Å². The molecule has 0 aliphatic rings. The molecule has 0 unspecified atom stereocenters. The highest BCUT2D eigenvalue weighted by Gasteiger charge is 2.09. The summed E-state index contributed by atoms with van der Waals surface area (Å²) in [5.74, 6) is -1.52. The van der Waals surface area contributed by atoms with Gasteiger partial charge in [0.2, 0.25) is 5.88 Å². The molecule has 2 aromatic rings. The van der Waals surface area contributed by atoms with Gasteiger partial charge in [-0.1, -0.05) is 11.6 Å². The van der Waals surface area contributed by atoms with E-state index in [4.69, 9.17) is 21.4 Å². The van der Waals surface area contributed by atoms with Crippen LogP contribution in [0.5, 0.6) is 11.6 Å². The number of carboxylic acid groups (broad SMARTS) is 1. The monoisotopic (exact) mass is 268 g/mol. The van der Waals surface area contributed by atoms with Crippen LogP contribution < -0.4 is 4.74 Å². The summed E-state index contributed by atoms with van der Waals surface area (Å²) in [6.07, 6.45) is 1.05. The molecule has 2 rings (SSSR count). The summed E-state index contributed by atoms with van der Waals surface area (Å²) in [4.78, 5) is 18.0. The molecule has 5 nitrogen and oxygen atoms in total. The Balaban J connectivity index is 2.28. The van der Waals surface area contributed by atoms with Crippen LogP contribution in [0.1, 0.15) is 10.5 Å². The van der Waals surface area contributed by atoms with Crippen molar-refractivity contribution < 1.29 is 19.0 Å². The number of nitrogens with zero attached hydrogens (tertiary/aromatic N) is 2. The number of hydrogen-bond acceptors (Lipinski definition) is 4. The third-order valence-electron chi connectivity index (χ3n) is 1.97. The first-order valence-electron chi connectivity index (χ1n) is 4.74. The number of halogens is 2. The fraction of sp³-hybridized carbons (Fsp3) is 0. The van der Waals surface area contributed by atoms with Gasteiger partial charge < -0.3 is 9.84 Å². The first kappa shape index (κ1) is 12.3. The SMILES string of the molecule is O=C(O)c1cc(Oc2ccc(F)cc2Cl)ncn1. The van der Waals surface area contributed by atoms with Crippen LogP contribution in [-0.2, 0) is 0 Å². The van der Waals surface area contributed by atoms with Gasteiger partial charge in [-0.25, -0.2) is 19.2 Å². The molecule has 1 aromatic heterocycles. The molecule has 0 saturated heterocycles. The Hall–Kier alpha value is -2.21. The highest BCUT2D eigenvalue weighted by Crippen LogP contribution is 2.28. The van der Waals surface area contributed by atoms with E-state index in [1.807, 2.05) is 0 Å². The number of aromatic nitrogens is 2. The Kier molecular flexibility index (Phi) is 3.38. The van der Waals surface area contributed by atoms with Crippen LogP contribution in [0.2, 0.25) is 5.02 Å². The van der Waals surface area contributed by atoms with Crippen molar-refractivity contribution in [3.8, 4) is 11.6 Å². The van der Waals surface area contributed by atoms with E-state index in [0.717, 1.165) is 18.5 Å². The highest BCUT2D eigenvalue weighted by molar-refractivity contribution is 6.32. The Labute approximate surface area is 106 Å². The maximum atomic E-state index is 12.8. The topological polar surface area (TPSA) is 72.3 Å². The molecule has 1 N–H and O–H groups in total. The summed E-state index contributed by atoms with van der Waals surface area (Å²) in [5, 5.41) is 8.81. The molecule has 1 heterocycles. The predicted molar refractivity (Wildman–Crippen MR) is 60.5 cm³/mol. The normalized spacial score (nSPS) is 10.1. The molecule has 7 heteroatoms. The van der Waals surface area contributed by atoms with Crippen molar-refractivity contribution in [1.29, 1.82) is 0 Å². The van der Waals surface area contributed by atoms with Crippen LogP contribution in [0.3, 0.4) is 0 Å². The van der Waals surface area contributed by atoms with Crippen molar-refractivity contribution in [3.05, 3.63) is 47.1 Å². The van der Waals surface area contributed by atoms with Crippen LogP contribution in [-0.4, -0.2) is 21.0 Å². The van der Waals surface area contributed by atoms with Crippen LogP contribution >= 0.6 is 11.6 Å². The van der Waals surface area contributed by atoms with Gasteiger partial charge in [0.1, 0.15) is 17.9 Å². The number of benzene rings is 1. The minimum Gasteiger partial charge on any atom is -0.477 e. The average Bonchev–Trinajstić information content (AvgIpc) is 2.33. The van der Waals surface area contributed by atoms with Gasteiger partial charge in [-0.2, -0.15) is 0 Å². The zero-order valence-electron chi connectivity index (χ0n) is 8.80. The van der Waals surface area contributed by atoms with Crippen molar-refractivity contribution in [3.63, 3.8) is 0 Å². The number of aromatic carboxylic acids is 1. The first-order chi connectivity index (χ1) is 8.56. The summed E-state index contributed by atoms with van der Waals surface area (Å²) in [5.41, 5.74) is -0.210. The largest absolute Gasteiger partial charge is 0.477 e. The van der Waals surface area contributed by atoms with Gasteiger partial charge in [0.15, 0.2) is 5.69 Å². The number of hydrogen-bond donors (Lipinski definition) is 1. The van der Waals surface area contributed by atoms with Gasteiger partial charge in [0.05, 0.1) is 5.02 Å². The summed E-state index contributed by atoms with van der Waals surface area (Å²) in [6.45, 7) is 0. The predicted octanol–water partition coefficient (Wildman–Crippen LogP) is 2.76. The fourth-order valence-electron chi connectivity index (χ4n) is 1.18. The van der Waals surface area contributed by atoms with Crippen molar-refractivity contribution in [2.45, 2.75) is 0 Å². The summed E-state index contributed by atoms with van der Waals surface area (Å²) in [7, 11) is 0. The molecule has 0 spiro atoms. The van der Waals surface area contributed by atoms with Crippen LogP contribution in [0.4, 0.5) is 4.39 Å². The second-order valence-corrected chi connectivity index (χ2v) is 3.63. The lowest BCUT2D eigenvalue weighted by Crippen LogP contribution is -2.01. The molecule has 1 aromatic carbocycles. The van der Waals surface area contributed by atoms with Gasteiger partial charge in [-0.15, -0.1) is 0 Å². The summed E-state index contributed by atoms with van der Waals surface area (Å²) in [6, 6.07) is 4.71. The van der Waals surface area contributed by atoms with E-state index in [9.17, 15) is 9.18 Å². The van der Waals surface area contributed by atoms with Crippen LogP contribution in [0, 0.1) is 5.82 Å². The van der Waals surface area contributed by atoms with Crippen molar-refractivity contribution in [2.75, 3.05) is 0 Å². The molecule has 0 fully saturated rings. The van der Waals surface area contributed by atoms with E-state index in [2.05, 4.69) is 9.97 Å². The third kappa shape index (κ3) is 2.72. The van der Waals surface area contributed by atoms with E-state index in [0.29, 0.717) is 0 Å². The van der Waals surface area contributed by atoms with E-state index in [-0.39, 0.29) is 22.3 Å². The second kappa shape index (κ2) is 4.97. The number of carbonyl (C=O) groups is 1. The second-order valence-electron chi connectivity index (χ2n) is 3.22. The molecule has 0 atom stereocenters. The van der Waals surface area contributed by atoms with E-state index >= 15 is 0 Å². The third-order valence-corrected chi connectivity index (χ3v) is 2.26. The molecule has 0 saturated carbocycles. The van der Waals surface area contributed by atoms with Gasteiger partial charge in [-0.3, -0.25) is 0 Å². The molecule has 0 bridgehead atoms. The molecular formula is C11H6ClFN2O3. The standard InChI is InChI=1S/C11H6ClFN2O3/c12-7-3-6(13)1-2-9(7)18-10-4-8(11(16)17)14-5-15-10/h1-5H,(H,16,17). The average molecular weight is 269 g/mol. The van der Waals surface area contributed by atoms with Gasteiger partial charge in [0.25, 0.3) is 0 Å². The number of ether oxygens (including phenoxy) is 1. The minimum absolute atomic E-state index is 0.0101. The lowest BCUT2D eigenvalue weighted by molar-refractivity contribution is 0.0689. The summed E-state index contributed by atoms with van der Waals surface area (Å²) >= 11 is 5.76. The lowest BCUT2D eigenvalue weighted by Gasteiger charge is -2.06. The number of carboxylic acids is 1. The van der Waals surface area contributed by atoms with Crippen molar-refractivity contribution in [1.82, 2.24) is 9.97 Å². The molecule has 92 valence electrons. The Morgan fingerprint density at radius 3 is 2.78 bits per heavy atom. The maximum absolute atomic E-state index is 12.8. The molecular weight excluding hydrogens is 263 g/mol. The Morgan fingerprint density at radius 1 is 1.33 bits per heavy atom. The molecule has 0 amide bonds. The highest BCUT2D eigenvalue weighted by atomic mass is 35.5. The smallest absolute Gasteiger partial charge is 0.354 e. The quantitative estimate of drug-likeness (QED) is 0.927. The zero-order chi connectivity index (χ0) is 13.1. The number of rotatable bonds is 3. The van der Waals surface area contributed by atoms with Crippen molar-refractivity contribution in [2.24, 2.45) is 0 Å². The summed E-state index contributed by atoms with van der Waals surface area (Å²) < 4.78 is 18.1. The minimum atomic E-state index is -1.20. The van der Waals surface area contributed by atoms with E-state index in [1.54, 1.807) is 0 Å². The van der Waals surface area contributed by atoms with Crippen LogP contribution in [0.15, 0.2) is 30.6 Å². The van der Waals surface area contributed by atoms with Gasteiger partial charge >= 0.3 is 5.97 Å². The van der Waals surface area contributed by atoms with Gasteiger partial charge in [0, 0.05) is 6.07 Å². The Bertz CT molecular complexity index is 607. The van der Waals surface area contributed by atoms with Crippen molar-refractivity contribution >= 4 is 17.6 Å². The molecule has 0 radical (unpaired) electrons. The molecule has 0 aliphatic carbocycles. The van der Waals surface area contributed by atoms with E-state index in [1.165, 1.54) is 12.1 Å². The molecule has 0 aliphatic heterocycles. The zero-order valence-corrected chi connectivity index (χ0v) is 9.56. The van der Waals surface area contributed by atoms with E-state index < -0.39 is 11.8 Å². The maximum Gasteiger partial charge on any atom is 0.354 e. The molecule has 18 heavy (non-hydrogen) atoms. The lowest BCUT2D eigenvalue weighted by atomic mass is 10.3. The first-order valence-corrected chi connectivity index (χ1v) is 5.12. The van der Waals surface area contributed by atoms with Gasteiger partial charge in [-0.05, 0) is 18.2 Å². The Morgan fingerprint density at radius 2 is 2.11 bits per heavy atom.